The van der Waals surface area contributed by atoms with E-state index in [1.54, 1.807) is 30.6 Å². The van der Waals surface area contributed by atoms with Crippen LogP contribution in [0, 0.1) is 11.3 Å². The summed E-state index contributed by atoms with van der Waals surface area (Å²) in [6.45, 7) is 0. The number of phenolic OH excluding ortho intramolecular Hbond substituents is 1. The third-order valence-corrected chi connectivity index (χ3v) is 3.32. The van der Waals surface area contributed by atoms with Crippen molar-refractivity contribution in [1.29, 1.82) is 5.26 Å². The first-order valence-electron chi connectivity index (χ1n) is 7.06. The lowest BCUT2D eigenvalue weighted by atomic mass is 10.2. The Balaban J connectivity index is 1.75. The summed E-state index contributed by atoms with van der Waals surface area (Å²) in [5, 5.41) is 24.2. The van der Waals surface area contributed by atoms with Crippen LogP contribution in [0.3, 0.4) is 0 Å². The van der Waals surface area contributed by atoms with Crippen LogP contribution in [0.15, 0.2) is 60.6 Å². The lowest BCUT2D eigenvalue weighted by Crippen LogP contribution is -2.14. The molecule has 0 saturated heterocycles. The molecule has 1 amide bonds. The van der Waals surface area contributed by atoms with E-state index in [1.807, 2.05) is 18.2 Å². The van der Waals surface area contributed by atoms with Crippen molar-refractivity contribution < 1.29 is 9.90 Å². The van der Waals surface area contributed by atoms with Gasteiger partial charge in [0.2, 0.25) is 0 Å². The number of amides is 1. The Kier molecular flexibility index (Phi) is 4.12. The summed E-state index contributed by atoms with van der Waals surface area (Å²) >= 11 is 0. The predicted octanol–water partition coefficient (Wildman–Crippen LogP) is 2.73. The molecule has 1 heterocycles. The second-order valence-corrected chi connectivity index (χ2v) is 4.92. The van der Waals surface area contributed by atoms with Crippen LogP contribution in [0.2, 0.25) is 0 Å². The number of nitriles is 1. The SMILES string of the molecule is N#C/C(=C/Nc1ccc2nc[nH]c2c1)C(=O)Nc1ccccc1O. The number of aromatic amines is 1. The van der Waals surface area contributed by atoms with Crippen LogP contribution < -0.4 is 10.6 Å². The van der Waals surface area contributed by atoms with E-state index < -0.39 is 5.91 Å². The van der Waals surface area contributed by atoms with Gasteiger partial charge in [-0.2, -0.15) is 5.26 Å². The van der Waals surface area contributed by atoms with Gasteiger partial charge in [0.1, 0.15) is 17.4 Å². The zero-order valence-corrected chi connectivity index (χ0v) is 12.4. The number of para-hydroxylation sites is 2. The number of nitrogens with zero attached hydrogens (tertiary/aromatic N) is 2. The summed E-state index contributed by atoms with van der Waals surface area (Å²) in [4.78, 5) is 19.2. The molecular weight excluding hydrogens is 306 g/mol. The summed E-state index contributed by atoms with van der Waals surface area (Å²) in [6.07, 6.45) is 2.90. The fourth-order valence-electron chi connectivity index (χ4n) is 2.10. The van der Waals surface area contributed by atoms with Crippen molar-refractivity contribution >= 4 is 28.3 Å². The van der Waals surface area contributed by atoms with E-state index in [2.05, 4.69) is 20.6 Å². The highest BCUT2D eigenvalue weighted by atomic mass is 16.3. The number of anilines is 2. The molecule has 0 fully saturated rings. The quantitative estimate of drug-likeness (QED) is 0.335. The van der Waals surface area contributed by atoms with Crippen LogP contribution in [0.4, 0.5) is 11.4 Å². The molecule has 118 valence electrons. The number of aromatic nitrogens is 2. The Morgan fingerprint density at radius 1 is 1.29 bits per heavy atom. The number of nitrogens with one attached hydrogen (secondary N) is 3. The number of H-pyrrole nitrogens is 1. The van der Waals surface area contributed by atoms with Crippen LogP contribution in [0.1, 0.15) is 0 Å². The zero-order valence-electron chi connectivity index (χ0n) is 12.4. The number of hydrogen-bond acceptors (Lipinski definition) is 5. The molecule has 0 atom stereocenters. The predicted molar refractivity (Wildman–Crippen MR) is 90.1 cm³/mol. The topological polar surface area (TPSA) is 114 Å². The number of benzene rings is 2. The molecule has 0 aliphatic heterocycles. The van der Waals surface area contributed by atoms with E-state index in [-0.39, 0.29) is 17.0 Å². The summed E-state index contributed by atoms with van der Waals surface area (Å²) in [5.74, 6) is -0.685. The Morgan fingerprint density at radius 2 is 2.12 bits per heavy atom. The van der Waals surface area contributed by atoms with Gasteiger partial charge < -0.3 is 20.7 Å². The first-order valence-corrected chi connectivity index (χ1v) is 7.06. The highest BCUT2D eigenvalue weighted by Crippen LogP contribution is 2.22. The van der Waals surface area contributed by atoms with Gasteiger partial charge in [-0.3, -0.25) is 4.79 Å². The molecule has 24 heavy (non-hydrogen) atoms. The fraction of sp³-hybridized carbons (Fsp3) is 0. The van der Waals surface area contributed by atoms with Crippen molar-refractivity contribution in [2.45, 2.75) is 0 Å². The van der Waals surface area contributed by atoms with E-state index in [0.29, 0.717) is 5.69 Å². The number of carbonyl (C=O) groups is 1. The third kappa shape index (κ3) is 3.18. The van der Waals surface area contributed by atoms with Crippen LogP contribution in [0.5, 0.6) is 5.75 Å². The van der Waals surface area contributed by atoms with Gasteiger partial charge in [0, 0.05) is 11.9 Å². The van der Waals surface area contributed by atoms with Crippen molar-refractivity contribution in [3.63, 3.8) is 0 Å². The van der Waals surface area contributed by atoms with Gasteiger partial charge in [-0.1, -0.05) is 12.1 Å². The molecule has 0 radical (unpaired) electrons. The summed E-state index contributed by atoms with van der Waals surface area (Å²) < 4.78 is 0. The van der Waals surface area contributed by atoms with Gasteiger partial charge in [0.15, 0.2) is 0 Å². The molecule has 0 bridgehead atoms. The standard InChI is InChI=1S/C17H13N5O2/c18-8-11(17(24)22-14-3-1-2-4-16(14)23)9-19-12-5-6-13-15(7-12)21-10-20-13/h1-7,9-10,19,23H,(H,20,21)(H,22,24)/b11-9-. The lowest BCUT2D eigenvalue weighted by Gasteiger charge is -2.06. The minimum Gasteiger partial charge on any atom is -0.506 e. The first-order chi connectivity index (χ1) is 11.7. The molecule has 0 spiro atoms. The molecule has 3 aromatic rings. The van der Waals surface area contributed by atoms with Gasteiger partial charge >= 0.3 is 0 Å². The van der Waals surface area contributed by atoms with Crippen molar-refractivity contribution in [2.75, 3.05) is 10.6 Å². The largest absolute Gasteiger partial charge is 0.506 e. The molecule has 2 aromatic carbocycles. The Morgan fingerprint density at radius 3 is 2.92 bits per heavy atom. The number of hydrogen-bond donors (Lipinski definition) is 4. The number of imidazole rings is 1. The molecule has 3 rings (SSSR count). The molecular formula is C17H13N5O2. The maximum Gasteiger partial charge on any atom is 0.267 e. The van der Waals surface area contributed by atoms with E-state index in [9.17, 15) is 9.90 Å². The molecule has 0 saturated carbocycles. The monoisotopic (exact) mass is 319 g/mol. The van der Waals surface area contributed by atoms with Crippen molar-refractivity contribution in [3.05, 3.63) is 60.6 Å². The molecule has 7 heteroatoms. The van der Waals surface area contributed by atoms with Crippen LogP contribution >= 0.6 is 0 Å². The molecule has 0 aliphatic rings. The van der Waals surface area contributed by atoms with Crippen molar-refractivity contribution in [2.24, 2.45) is 0 Å². The smallest absolute Gasteiger partial charge is 0.267 e. The maximum absolute atomic E-state index is 12.1. The number of aromatic hydroxyl groups is 1. The average molecular weight is 319 g/mol. The highest BCUT2D eigenvalue weighted by Gasteiger charge is 2.11. The minimum atomic E-state index is -0.617. The number of rotatable bonds is 4. The highest BCUT2D eigenvalue weighted by molar-refractivity contribution is 6.07. The van der Waals surface area contributed by atoms with Gasteiger partial charge in [0.05, 0.1) is 23.0 Å². The van der Waals surface area contributed by atoms with Crippen LogP contribution in [-0.2, 0) is 4.79 Å². The molecule has 0 unspecified atom stereocenters. The maximum atomic E-state index is 12.1. The van der Waals surface area contributed by atoms with E-state index in [4.69, 9.17) is 5.26 Å². The summed E-state index contributed by atoms with van der Waals surface area (Å²) in [5.41, 5.74) is 2.48. The van der Waals surface area contributed by atoms with E-state index in [1.165, 1.54) is 12.3 Å². The Bertz CT molecular complexity index is 968. The molecule has 7 nitrogen and oxygen atoms in total. The van der Waals surface area contributed by atoms with E-state index in [0.717, 1.165) is 11.0 Å². The van der Waals surface area contributed by atoms with E-state index >= 15 is 0 Å². The number of fused-ring (bicyclic) bond motifs is 1. The van der Waals surface area contributed by atoms with Gasteiger partial charge in [-0.25, -0.2) is 4.98 Å². The summed E-state index contributed by atoms with van der Waals surface area (Å²) in [6, 6.07) is 13.5. The molecule has 4 N–H and O–H groups in total. The van der Waals surface area contributed by atoms with Crippen LogP contribution in [0.25, 0.3) is 11.0 Å². The Hall–Kier alpha value is -3.79. The second kappa shape index (κ2) is 6.54. The first kappa shape index (κ1) is 15.1. The Labute approximate surface area is 137 Å². The lowest BCUT2D eigenvalue weighted by molar-refractivity contribution is -0.112. The van der Waals surface area contributed by atoms with Crippen molar-refractivity contribution in [3.8, 4) is 11.8 Å². The second-order valence-electron chi connectivity index (χ2n) is 4.92. The fourth-order valence-corrected chi connectivity index (χ4v) is 2.10. The minimum absolute atomic E-state index is 0.0687. The van der Waals surface area contributed by atoms with Gasteiger partial charge in [-0.05, 0) is 30.3 Å². The molecule has 1 aromatic heterocycles. The third-order valence-electron chi connectivity index (χ3n) is 3.32. The molecule has 0 aliphatic carbocycles. The average Bonchev–Trinajstić information content (AvgIpc) is 3.05. The van der Waals surface area contributed by atoms with Crippen LogP contribution in [-0.4, -0.2) is 21.0 Å². The number of carbonyl (C=O) groups excluding carboxylic acids is 1. The van der Waals surface area contributed by atoms with Gasteiger partial charge in [0.25, 0.3) is 5.91 Å². The van der Waals surface area contributed by atoms with Gasteiger partial charge in [-0.15, -0.1) is 0 Å². The van der Waals surface area contributed by atoms with Crippen molar-refractivity contribution in [1.82, 2.24) is 9.97 Å². The normalized spacial score (nSPS) is 11.0. The zero-order chi connectivity index (χ0) is 16.9. The number of phenols is 1. The summed E-state index contributed by atoms with van der Waals surface area (Å²) in [7, 11) is 0.